The maximum absolute atomic E-state index is 11.7. The van der Waals surface area contributed by atoms with Crippen LogP contribution in [0.4, 0.5) is 0 Å². The van der Waals surface area contributed by atoms with Gasteiger partial charge in [0.1, 0.15) is 0 Å². The van der Waals surface area contributed by atoms with Gasteiger partial charge in [-0.3, -0.25) is 4.79 Å². The Hall–Kier alpha value is -0.220. The van der Waals surface area contributed by atoms with Crippen LogP contribution in [-0.4, -0.2) is 36.0 Å². The van der Waals surface area contributed by atoms with Gasteiger partial charge in [0, 0.05) is 17.3 Å². The van der Waals surface area contributed by atoms with Crippen LogP contribution in [0.2, 0.25) is 0 Å². The van der Waals surface area contributed by atoms with Gasteiger partial charge < -0.3 is 10.6 Å². The molecule has 1 aliphatic carbocycles. The molecule has 0 bridgehead atoms. The number of thioether (sulfide) groups is 1. The fourth-order valence-corrected chi connectivity index (χ4v) is 3.65. The molecule has 0 aromatic rings. The van der Waals surface area contributed by atoms with Crippen LogP contribution in [0.15, 0.2) is 0 Å². The summed E-state index contributed by atoms with van der Waals surface area (Å²) in [6, 6.07) is 0.297. The summed E-state index contributed by atoms with van der Waals surface area (Å²) in [5.41, 5.74) is 0. The summed E-state index contributed by atoms with van der Waals surface area (Å²) in [7, 11) is 0. The van der Waals surface area contributed by atoms with Crippen LogP contribution in [-0.2, 0) is 4.79 Å². The summed E-state index contributed by atoms with van der Waals surface area (Å²) < 4.78 is 0.384. The molecule has 0 aromatic carbocycles. The minimum Gasteiger partial charge on any atom is -0.353 e. The van der Waals surface area contributed by atoms with Gasteiger partial charge in [-0.2, -0.15) is 11.8 Å². The second-order valence-electron chi connectivity index (χ2n) is 5.46. The third kappa shape index (κ3) is 5.19. The molecule has 1 atom stereocenters. The van der Waals surface area contributed by atoms with E-state index in [-0.39, 0.29) is 5.91 Å². The number of rotatable bonds is 8. The molecule has 1 amide bonds. The standard InChI is InChI=1S/C14H28N2OS/c1-4-7-12(2)16-13(17)10-15-11-14(18-3)8-5-6-9-14/h12,15H,4-11H2,1-3H3,(H,16,17). The minimum absolute atomic E-state index is 0.130. The summed E-state index contributed by atoms with van der Waals surface area (Å²) in [5.74, 6) is 0.130. The second kappa shape index (κ2) is 8.05. The minimum atomic E-state index is 0.130. The monoisotopic (exact) mass is 272 g/mol. The predicted octanol–water partition coefficient (Wildman–Crippen LogP) is 2.56. The van der Waals surface area contributed by atoms with Gasteiger partial charge in [-0.15, -0.1) is 0 Å². The summed E-state index contributed by atoms with van der Waals surface area (Å²) in [5, 5.41) is 6.36. The van der Waals surface area contributed by atoms with E-state index < -0.39 is 0 Å². The lowest BCUT2D eigenvalue weighted by Crippen LogP contribution is -2.43. The maximum Gasteiger partial charge on any atom is 0.234 e. The van der Waals surface area contributed by atoms with Crippen molar-refractivity contribution in [3.05, 3.63) is 0 Å². The van der Waals surface area contributed by atoms with E-state index in [1.807, 2.05) is 11.8 Å². The smallest absolute Gasteiger partial charge is 0.234 e. The van der Waals surface area contributed by atoms with Gasteiger partial charge in [-0.05, 0) is 32.4 Å². The molecule has 1 unspecified atom stereocenters. The zero-order chi connectivity index (χ0) is 13.4. The number of carbonyl (C=O) groups is 1. The number of amides is 1. The van der Waals surface area contributed by atoms with Crippen LogP contribution in [0.25, 0.3) is 0 Å². The first-order valence-corrected chi connectivity index (χ1v) is 8.39. The van der Waals surface area contributed by atoms with E-state index in [1.165, 1.54) is 25.7 Å². The van der Waals surface area contributed by atoms with Crippen molar-refractivity contribution >= 4 is 17.7 Å². The third-order valence-electron chi connectivity index (χ3n) is 3.81. The fourth-order valence-electron chi connectivity index (χ4n) is 2.71. The highest BCUT2D eigenvalue weighted by Crippen LogP contribution is 2.39. The average Bonchev–Trinajstić information content (AvgIpc) is 2.78. The SMILES string of the molecule is CCCC(C)NC(=O)CNCC1(SC)CCCC1. The van der Waals surface area contributed by atoms with Gasteiger partial charge >= 0.3 is 0 Å². The van der Waals surface area contributed by atoms with Crippen LogP contribution < -0.4 is 10.6 Å². The van der Waals surface area contributed by atoms with E-state index in [9.17, 15) is 4.79 Å². The van der Waals surface area contributed by atoms with Gasteiger partial charge in [-0.25, -0.2) is 0 Å². The molecule has 2 N–H and O–H groups in total. The van der Waals surface area contributed by atoms with E-state index in [0.29, 0.717) is 17.3 Å². The number of hydrogen-bond acceptors (Lipinski definition) is 3. The average molecular weight is 272 g/mol. The molecule has 4 heteroatoms. The lowest BCUT2D eigenvalue weighted by molar-refractivity contribution is -0.120. The molecular formula is C14H28N2OS. The Bertz CT molecular complexity index is 252. The van der Waals surface area contributed by atoms with Crippen LogP contribution >= 0.6 is 11.8 Å². The molecule has 1 aliphatic rings. The largest absolute Gasteiger partial charge is 0.353 e. The van der Waals surface area contributed by atoms with Crippen LogP contribution in [0.1, 0.15) is 52.4 Å². The van der Waals surface area contributed by atoms with Gasteiger partial charge in [0.05, 0.1) is 6.54 Å². The van der Waals surface area contributed by atoms with Crippen molar-refractivity contribution in [2.45, 2.75) is 63.2 Å². The number of hydrogen-bond donors (Lipinski definition) is 2. The van der Waals surface area contributed by atoms with Crippen molar-refractivity contribution in [1.29, 1.82) is 0 Å². The lowest BCUT2D eigenvalue weighted by Gasteiger charge is -2.27. The zero-order valence-electron chi connectivity index (χ0n) is 12.1. The fraction of sp³-hybridized carbons (Fsp3) is 0.929. The predicted molar refractivity (Wildman–Crippen MR) is 80.1 cm³/mol. The topological polar surface area (TPSA) is 41.1 Å². The molecule has 1 saturated carbocycles. The van der Waals surface area contributed by atoms with Gasteiger partial charge in [0.25, 0.3) is 0 Å². The number of nitrogens with one attached hydrogen (secondary N) is 2. The second-order valence-corrected chi connectivity index (χ2v) is 6.73. The first kappa shape index (κ1) is 15.8. The Kier molecular flexibility index (Phi) is 7.08. The van der Waals surface area contributed by atoms with Crippen molar-refractivity contribution in [1.82, 2.24) is 10.6 Å². The Morgan fingerprint density at radius 1 is 1.39 bits per heavy atom. The third-order valence-corrected chi connectivity index (χ3v) is 5.23. The van der Waals surface area contributed by atoms with E-state index in [4.69, 9.17) is 0 Å². The van der Waals surface area contributed by atoms with Crippen LogP contribution in [0.3, 0.4) is 0 Å². The first-order chi connectivity index (χ1) is 8.62. The molecule has 0 aliphatic heterocycles. The summed E-state index contributed by atoms with van der Waals surface area (Å²) >= 11 is 1.96. The van der Waals surface area contributed by atoms with Crippen molar-refractivity contribution < 1.29 is 4.79 Å². The van der Waals surface area contributed by atoms with E-state index in [0.717, 1.165) is 19.4 Å². The first-order valence-electron chi connectivity index (χ1n) is 7.17. The van der Waals surface area contributed by atoms with Gasteiger partial charge in [0.2, 0.25) is 5.91 Å². The highest BCUT2D eigenvalue weighted by molar-refractivity contribution is 8.00. The highest BCUT2D eigenvalue weighted by atomic mass is 32.2. The van der Waals surface area contributed by atoms with Gasteiger partial charge in [-0.1, -0.05) is 26.2 Å². The molecule has 1 rings (SSSR count). The van der Waals surface area contributed by atoms with Gasteiger partial charge in [0.15, 0.2) is 0 Å². The Labute approximate surface area is 116 Å². The van der Waals surface area contributed by atoms with E-state index in [1.54, 1.807) is 0 Å². The Balaban J connectivity index is 2.18. The van der Waals surface area contributed by atoms with Crippen LogP contribution in [0, 0.1) is 0 Å². The van der Waals surface area contributed by atoms with E-state index >= 15 is 0 Å². The molecule has 0 radical (unpaired) electrons. The molecule has 0 saturated heterocycles. The summed E-state index contributed by atoms with van der Waals surface area (Å²) in [6.45, 7) is 5.63. The normalized spacial score (nSPS) is 19.7. The van der Waals surface area contributed by atoms with Crippen molar-refractivity contribution in [2.24, 2.45) is 0 Å². The quantitative estimate of drug-likeness (QED) is 0.713. The highest BCUT2D eigenvalue weighted by Gasteiger charge is 2.32. The van der Waals surface area contributed by atoms with Crippen molar-refractivity contribution in [3.63, 3.8) is 0 Å². The maximum atomic E-state index is 11.7. The molecule has 0 spiro atoms. The summed E-state index contributed by atoms with van der Waals surface area (Å²) in [4.78, 5) is 11.7. The van der Waals surface area contributed by atoms with Crippen LogP contribution in [0.5, 0.6) is 0 Å². The lowest BCUT2D eigenvalue weighted by atomic mass is 10.1. The Morgan fingerprint density at radius 2 is 2.06 bits per heavy atom. The molecule has 18 heavy (non-hydrogen) atoms. The molecule has 1 fully saturated rings. The van der Waals surface area contributed by atoms with Crippen molar-refractivity contribution in [2.75, 3.05) is 19.3 Å². The molecule has 0 aromatic heterocycles. The van der Waals surface area contributed by atoms with E-state index in [2.05, 4.69) is 30.7 Å². The molecular weight excluding hydrogens is 244 g/mol. The molecule has 106 valence electrons. The Morgan fingerprint density at radius 3 is 2.61 bits per heavy atom. The summed E-state index contributed by atoms with van der Waals surface area (Å²) in [6.07, 6.45) is 9.61. The number of carbonyl (C=O) groups excluding carboxylic acids is 1. The van der Waals surface area contributed by atoms with Crippen molar-refractivity contribution in [3.8, 4) is 0 Å². The molecule has 3 nitrogen and oxygen atoms in total. The zero-order valence-corrected chi connectivity index (χ0v) is 12.9. The molecule has 0 heterocycles.